The molecule has 1 aliphatic rings. The average Bonchev–Trinajstić information content (AvgIpc) is 2.60. The van der Waals surface area contributed by atoms with Crippen LogP contribution in [0.2, 0.25) is 0 Å². The Morgan fingerprint density at radius 2 is 1.76 bits per heavy atom. The van der Waals surface area contributed by atoms with E-state index in [1.54, 1.807) is 0 Å². The van der Waals surface area contributed by atoms with Crippen molar-refractivity contribution in [2.45, 2.75) is 58.5 Å². The first-order valence-corrected chi connectivity index (χ1v) is 9.45. The van der Waals surface area contributed by atoms with E-state index in [2.05, 4.69) is 34.0 Å². The Kier molecular flexibility index (Phi) is 6.34. The van der Waals surface area contributed by atoms with Gasteiger partial charge in [-0.15, -0.1) is 0 Å². The molecule has 2 aromatic rings. The fraction of sp³-hybridized carbons (Fsp3) is 0.550. The molecule has 0 aromatic carbocycles. The second-order valence-corrected chi connectivity index (χ2v) is 6.92. The van der Waals surface area contributed by atoms with Crippen LogP contribution in [0.5, 0.6) is 0 Å². The summed E-state index contributed by atoms with van der Waals surface area (Å²) in [4.78, 5) is 15.9. The van der Waals surface area contributed by atoms with Crippen LogP contribution in [0, 0.1) is 6.92 Å². The molecule has 0 radical (unpaired) electrons. The number of hydrogen-bond donors (Lipinski definition) is 1. The minimum atomic E-state index is 0.217. The van der Waals surface area contributed by atoms with Crippen molar-refractivity contribution in [3.63, 3.8) is 0 Å². The van der Waals surface area contributed by atoms with Gasteiger partial charge in [-0.25, -0.2) is 9.97 Å². The van der Waals surface area contributed by atoms with Crippen LogP contribution < -0.4 is 10.2 Å². The minimum Gasteiger partial charge on any atom is -0.341 e. The molecule has 25 heavy (non-hydrogen) atoms. The highest BCUT2D eigenvalue weighted by Crippen LogP contribution is 2.20. The Morgan fingerprint density at radius 1 is 1.08 bits per heavy atom. The van der Waals surface area contributed by atoms with Crippen molar-refractivity contribution in [3.05, 3.63) is 47.5 Å². The van der Waals surface area contributed by atoms with Crippen molar-refractivity contribution in [1.29, 1.82) is 0 Å². The van der Waals surface area contributed by atoms with Gasteiger partial charge in [-0.1, -0.05) is 19.3 Å². The number of aromatic nitrogens is 3. The van der Waals surface area contributed by atoms with Crippen LogP contribution in [-0.2, 0) is 6.54 Å². The fourth-order valence-electron chi connectivity index (χ4n) is 3.37. The van der Waals surface area contributed by atoms with Crippen molar-refractivity contribution < 1.29 is 0 Å². The molecule has 1 unspecified atom stereocenters. The number of hydrogen-bond acceptors (Lipinski definition) is 5. The van der Waals surface area contributed by atoms with Crippen LogP contribution in [0.1, 0.15) is 61.9 Å². The molecule has 0 amide bonds. The van der Waals surface area contributed by atoms with Crippen molar-refractivity contribution in [2.24, 2.45) is 0 Å². The lowest BCUT2D eigenvalue weighted by atomic mass is 10.1. The molecule has 5 nitrogen and oxygen atoms in total. The largest absolute Gasteiger partial charge is 0.341 e. The maximum absolute atomic E-state index is 4.81. The third-order valence-electron chi connectivity index (χ3n) is 4.97. The van der Waals surface area contributed by atoms with Crippen molar-refractivity contribution >= 4 is 5.95 Å². The molecule has 1 saturated heterocycles. The molecule has 3 heterocycles. The molecule has 1 N–H and O–H groups in total. The van der Waals surface area contributed by atoms with E-state index in [9.17, 15) is 0 Å². The zero-order chi connectivity index (χ0) is 17.5. The third kappa shape index (κ3) is 4.98. The first-order chi connectivity index (χ1) is 12.2. The van der Waals surface area contributed by atoms with E-state index in [0.717, 1.165) is 31.3 Å². The average molecular weight is 339 g/mol. The summed E-state index contributed by atoms with van der Waals surface area (Å²) in [5.74, 6) is 0.893. The van der Waals surface area contributed by atoms with Gasteiger partial charge in [0.15, 0.2) is 0 Å². The maximum Gasteiger partial charge on any atom is 0.225 e. The van der Waals surface area contributed by atoms with E-state index < -0.39 is 0 Å². The molecule has 0 aliphatic carbocycles. The Morgan fingerprint density at radius 3 is 2.44 bits per heavy atom. The van der Waals surface area contributed by atoms with Gasteiger partial charge in [0.2, 0.25) is 5.95 Å². The van der Waals surface area contributed by atoms with Crippen molar-refractivity contribution in [2.75, 3.05) is 18.0 Å². The molecule has 3 rings (SSSR count). The number of rotatable bonds is 5. The molecule has 134 valence electrons. The molecule has 5 heteroatoms. The van der Waals surface area contributed by atoms with E-state index in [-0.39, 0.29) is 6.04 Å². The van der Waals surface area contributed by atoms with E-state index in [1.807, 2.05) is 30.7 Å². The van der Waals surface area contributed by atoms with Crippen LogP contribution >= 0.6 is 0 Å². The van der Waals surface area contributed by atoms with E-state index in [4.69, 9.17) is 4.98 Å². The monoisotopic (exact) mass is 339 g/mol. The SMILES string of the molecule is Cc1nc(N2CCCCCCC2)ncc1C(C)NCc1ccncc1. The van der Waals surface area contributed by atoms with Crippen LogP contribution in [0.3, 0.4) is 0 Å². The van der Waals surface area contributed by atoms with Crippen LogP contribution in [-0.4, -0.2) is 28.0 Å². The molecular formula is C20H29N5. The molecule has 1 fully saturated rings. The summed E-state index contributed by atoms with van der Waals surface area (Å²) in [7, 11) is 0. The summed E-state index contributed by atoms with van der Waals surface area (Å²) < 4.78 is 0. The number of nitrogens with zero attached hydrogens (tertiary/aromatic N) is 4. The Balaban J connectivity index is 1.64. The normalized spacial score (nSPS) is 17.0. The highest BCUT2D eigenvalue weighted by Gasteiger charge is 2.15. The quantitative estimate of drug-likeness (QED) is 0.898. The van der Waals surface area contributed by atoms with E-state index >= 15 is 0 Å². The van der Waals surface area contributed by atoms with Crippen molar-refractivity contribution in [1.82, 2.24) is 20.3 Å². The zero-order valence-corrected chi connectivity index (χ0v) is 15.4. The fourth-order valence-corrected chi connectivity index (χ4v) is 3.37. The Bertz CT molecular complexity index is 650. The summed E-state index contributed by atoms with van der Waals surface area (Å²) in [6.07, 6.45) is 12.2. The van der Waals surface area contributed by atoms with Crippen LogP contribution in [0.25, 0.3) is 0 Å². The standard InChI is InChI=1S/C20H29N5/c1-16(22-14-18-8-10-21-11-9-18)19-15-23-20(24-17(19)2)25-12-6-4-3-5-7-13-25/h8-11,15-16,22H,3-7,12-14H2,1-2H3. The lowest BCUT2D eigenvalue weighted by Gasteiger charge is -2.25. The smallest absolute Gasteiger partial charge is 0.225 e. The van der Waals surface area contributed by atoms with E-state index in [1.165, 1.54) is 43.2 Å². The van der Waals surface area contributed by atoms with Gasteiger partial charge in [0.05, 0.1) is 0 Å². The summed E-state index contributed by atoms with van der Waals surface area (Å²) in [6.45, 7) is 7.23. The highest BCUT2D eigenvalue weighted by molar-refractivity contribution is 5.34. The van der Waals surface area contributed by atoms with Crippen LogP contribution in [0.15, 0.2) is 30.7 Å². The van der Waals surface area contributed by atoms with Gasteiger partial charge in [0.25, 0.3) is 0 Å². The number of pyridine rings is 1. The second-order valence-electron chi connectivity index (χ2n) is 6.92. The van der Waals surface area contributed by atoms with Gasteiger partial charge < -0.3 is 10.2 Å². The number of aryl methyl sites for hydroxylation is 1. The summed E-state index contributed by atoms with van der Waals surface area (Å²) in [5.41, 5.74) is 3.48. The van der Waals surface area contributed by atoms with Gasteiger partial charge >= 0.3 is 0 Å². The molecule has 2 aromatic heterocycles. The Labute approximate surface area is 150 Å². The summed E-state index contributed by atoms with van der Waals surface area (Å²) in [5, 5.41) is 3.55. The van der Waals surface area contributed by atoms with Crippen molar-refractivity contribution in [3.8, 4) is 0 Å². The minimum absolute atomic E-state index is 0.217. The van der Waals surface area contributed by atoms with Gasteiger partial charge in [-0.3, -0.25) is 4.98 Å². The molecule has 0 bridgehead atoms. The molecule has 0 spiro atoms. The number of nitrogens with one attached hydrogen (secondary N) is 1. The topological polar surface area (TPSA) is 53.9 Å². The number of anilines is 1. The summed E-state index contributed by atoms with van der Waals surface area (Å²) >= 11 is 0. The van der Waals surface area contributed by atoms with Crippen LogP contribution in [0.4, 0.5) is 5.95 Å². The third-order valence-corrected chi connectivity index (χ3v) is 4.97. The Hall–Kier alpha value is -2.01. The molecule has 0 saturated carbocycles. The highest BCUT2D eigenvalue weighted by atomic mass is 15.2. The van der Waals surface area contributed by atoms with Gasteiger partial charge in [0.1, 0.15) is 0 Å². The lowest BCUT2D eigenvalue weighted by molar-refractivity contribution is 0.546. The molecule has 1 aliphatic heterocycles. The van der Waals surface area contributed by atoms with Gasteiger partial charge in [0, 0.05) is 55.5 Å². The maximum atomic E-state index is 4.81. The first-order valence-electron chi connectivity index (χ1n) is 9.45. The van der Waals surface area contributed by atoms with Gasteiger partial charge in [-0.05, 0) is 44.4 Å². The predicted molar refractivity (Wildman–Crippen MR) is 102 cm³/mol. The van der Waals surface area contributed by atoms with E-state index in [0.29, 0.717) is 0 Å². The zero-order valence-electron chi connectivity index (χ0n) is 15.4. The summed E-state index contributed by atoms with van der Waals surface area (Å²) in [6, 6.07) is 4.29. The predicted octanol–water partition coefficient (Wildman–Crippen LogP) is 3.80. The van der Waals surface area contributed by atoms with Gasteiger partial charge in [-0.2, -0.15) is 0 Å². The molecular weight excluding hydrogens is 310 g/mol. The molecule has 1 atom stereocenters. The second kappa shape index (κ2) is 8.90. The first kappa shape index (κ1) is 17.8. The lowest BCUT2D eigenvalue weighted by Crippen LogP contribution is -2.29.